The molecule has 6 heteroatoms. The molecule has 0 saturated carbocycles. The summed E-state index contributed by atoms with van der Waals surface area (Å²) in [5.41, 5.74) is 1.25. The lowest BCUT2D eigenvalue weighted by Gasteiger charge is -2.06. The molecule has 18 heavy (non-hydrogen) atoms. The molecule has 0 saturated heterocycles. The quantitative estimate of drug-likeness (QED) is 0.928. The Kier molecular flexibility index (Phi) is 3.66. The molecule has 92 valence electrons. The fourth-order valence-electron chi connectivity index (χ4n) is 1.29. The van der Waals surface area contributed by atoms with Crippen LogP contribution in [0.1, 0.15) is 16.2 Å². The second-order valence-electron chi connectivity index (χ2n) is 3.62. The number of aryl methyl sites for hydroxylation is 1. The molecule has 0 fully saturated rings. The number of benzene rings is 1. The van der Waals surface area contributed by atoms with Crippen LogP contribution in [0, 0.1) is 12.7 Å². The summed E-state index contributed by atoms with van der Waals surface area (Å²) in [5, 5.41) is 2.56. The highest BCUT2D eigenvalue weighted by Crippen LogP contribution is 2.23. The number of carbonyl (C=O) groups is 1. The van der Waals surface area contributed by atoms with Gasteiger partial charge in [0.15, 0.2) is 0 Å². The predicted octanol–water partition coefficient (Wildman–Crippen LogP) is 2.94. The zero-order valence-corrected chi connectivity index (χ0v) is 11.0. The molecule has 2 rings (SSSR count). The molecule has 0 aliphatic carbocycles. The number of amides is 1. The van der Waals surface area contributed by atoms with Crippen molar-refractivity contribution in [2.24, 2.45) is 0 Å². The third kappa shape index (κ3) is 2.89. The number of carbonyl (C=O) groups excluding carboxylic acids is 1. The van der Waals surface area contributed by atoms with Gasteiger partial charge in [-0.3, -0.25) is 9.78 Å². The molecule has 0 unspecified atom stereocenters. The normalized spacial score (nSPS) is 10.2. The third-order valence-electron chi connectivity index (χ3n) is 2.19. The minimum absolute atomic E-state index is 0.178. The molecule has 0 aliphatic rings. The van der Waals surface area contributed by atoms with Gasteiger partial charge in [-0.2, -0.15) is 0 Å². The third-order valence-corrected chi connectivity index (χ3v) is 2.88. The first-order valence-corrected chi connectivity index (χ1v) is 5.90. The maximum Gasteiger partial charge on any atom is 0.275 e. The molecule has 0 aliphatic heterocycles. The van der Waals surface area contributed by atoms with Gasteiger partial charge in [0.2, 0.25) is 0 Å². The summed E-state index contributed by atoms with van der Waals surface area (Å²) in [6, 6.07) is 4.04. The highest BCUT2D eigenvalue weighted by molar-refractivity contribution is 9.10. The van der Waals surface area contributed by atoms with Crippen molar-refractivity contribution in [3.05, 3.63) is 52.3 Å². The van der Waals surface area contributed by atoms with Crippen molar-refractivity contribution in [3.8, 4) is 0 Å². The first-order valence-electron chi connectivity index (χ1n) is 5.11. The first-order chi connectivity index (χ1) is 8.56. The van der Waals surface area contributed by atoms with Crippen molar-refractivity contribution in [1.29, 1.82) is 0 Å². The van der Waals surface area contributed by atoms with E-state index in [0.29, 0.717) is 10.2 Å². The molecule has 0 spiro atoms. The summed E-state index contributed by atoms with van der Waals surface area (Å²) in [5.74, 6) is -0.864. The lowest BCUT2D eigenvalue weighted by Crippen LogP contribution is -2.14. The fraction of sp³-hybridized carbons (Fsp3) is 0.0833. The van der Waals surface area contributed by atoms with Crippen LogP contribution in [0.5, 0.6) is 0 Å². The van der Waals surface area contributed by atoms with E-state index in [9.17, 15) is 9.18 Å². The SMILES string of the molecule is Cc1cnc(C(=O)Nc2cc(F)ccc2Br)cn1. The smallest absolute Gasteiger partial charge is 0.275 e. The van der Waals surface area contributed by atoms with E-state index in [-0.39, 0.29) is 5.69 Å². The van der Waals surface area contributed by atoms with Crippen molar-refractivity contribution in [2.75, 3.05) is 5.32 Å². The van der Waals surface area contributed by atoms with Crippen molar-refractivity contribution in [3.63, 3.8) is 0 Å². The van der Waals surface area contributed by atoms with Gasteiger partial charge in [0.05, 0.1) is 17.6 Å². The molecule has 1 amide bonds. The highest BCUT2D eigenvalue weighted by atomic mass is 79.9. The van der Waals surface area contributed by atoms with Crippen LogP contribution in [0.4, 0.5) is 10.1 Å². The van der Waals surface area contributed by atoms with Crippen LogP contribution in [-0.2, 0) is 0 Å². The topological polar surface area (TPSA) is 54.9 Å². The van der Waals surface area contributed by atoms with Gasteiger partial charge in [0.1, 0.15) is 11.5 Å². The molecular formula is C12H9BrFN3O. The van der Waals surface area contributed by atoms with E-state index >= 15 is 0 Å². The number of nitrogens with one attached hydrogen (secondary N) is 1. The second-order valence-corrected chi connectivity index (χ2v) is 4.48. The standard InChI is InChI=1S/C12H9BrFN3O/c1-7-5-16-11(6-15-7)12(18)17-10-4-8(14)2-3-9(10)13/h2-6H,1H3,(H,17,18). The first kappa shape index (κ1) is 12.6. The highest BCUT2D eigenvalue weighted by Gasteiger charge is 2.10. The molecule has 1 N–H and O–H groups in total. The maximum atomic E-state index is 13.1. The summed E-state index contributed by atoms with van der Waals surface area (Å²) in [4.78, 5) is 19.7. The van der Waals surface area contributed by atoms with E-state index < -0.39 is 11.7 Å². The Labute approximate surface area is 111 Å². The van der Waals surface area contributed by atoms with Gasteiger partial charge < -0.3 is 5.32 Å². The van der Waals surface area contributed by atoms with Gasteiger partial charge in [-0.15, -0.1) is 0 Å². The van der Waals surface area contributed by atoms with Crippen LogP contribution >= 0.6 is 15.9 Å². The summed E-state index contributed by atoms with van der Waals surface area (Å²) < 4.78 is 13.6. The minimum Gasteiger partial charge on any atom is -0.319 e. The average Bonchev–Trinajstić information content (AvgIpc) is 2.34. The Bertz CT molecular complexity index is 586. The molecule has 0 bridgehead atoms. The molecule has 1 aromatic carbocycles. The number of halogens is 2. The number of aromatic nitrogens is 2. The Morgan fingerprint density at radius 2 is 2.11 bits per heavy atom. The molecular weight excluding hydrogens is 301 g/mol. The van der Waals surface area contributed by atoms with E-state index in [1.807, 2.05) is 0 Å². The number of anilines is 1. The maximum absolute atomic E-state index is 13.1. The van der Waals surface area contributed by atoms with Crippen LogP contribution in [-0.4, -0.2) is 15.9 Å². The van der Waals surface area contributed by atoms with Gasteiger partial charge in [0.25, 0.3) is 5.91 Å². The molecule has 2 aromatic rings. The number of nitrogens with zero attached hydrogens (tertiary/aromatic N) is 2. The number of rotatable bonds is 2. The Balaban J connectivity index is 2.21. The van der Waals surface area contributed by atoms with Gasteiger partial charge >= 0.3 is 0 Å². The zero-order valence-electron chi connectivity index (χ0n) is 9.45. The summed E-state index contributed by atoms with van der Waals surface area (Å²) in [6.07, 6.45) is 2.87. The molecule has 0 radical (unpaired) electrons. The Hall–Kier alpha value is -1.82. The molecule has 0 atom stereocenters. The fourth-order valence-corrected chi connectivity index (χ4v) is 1.64. The van der Waals surface area contributed by atoms with Crippen LogP contribution in [0.2, 0.25) is 0 Å². The number of hydrogen-bond acceptors (Lipinski definition) is 3. The minimum atomic E-state index is -0.436. The van der Waals surface area contributed by atoms with Crippen LogP contribution in [0.15, 0.2) is 35.1 Å². The zero-order chi connectivity index (χ0) is 13.1. The van der Waals surface area contributed by atoms with Crippen molar-refractivity contribution in [2.45, 2.75) is 6.92 Å². The summed E-state index contributed by atoms with van der Waals surface area (Å²) in [7, 11) is 0. The van der Waals surface area contributed by atoms with E-state index in [0.717, 1.165) is 5.69 Å². The Morgan fingerprint density at radius 1 is 1.33 bits per heavy atom. The average molecular weight is 310 g/mol. The Morgan fingerprint density at radius 3 is 2.78 bits per heavy atom. The van der Waals surface area contributed by atoms with Crippen molar-refractivity contribution in [1.82, 2.24) is 9.97 Å². The summed E-state index contributed by atoms with van der Waals surface area (Å²) >= 11 is 3.23. The van der Waals surface area contributed by atoms with E-state index in [1.165, 1.54) is 30.6 Å². The predicted molar refractivity (Wildman–Crippen MR) is 68.8 cm³/mol. The molecule has 1 aromatic heterocycles. The van der Waals surface area contributed by atoms with Crippen molar-refractivity contribution >= 4 is 27.5 Å². The van der Waals surface area contributed by atoms with E-state index in [2.05, 4.69) is 31.2 Å². The molecule has 4 nitrogen and oxygen atoms in total. The number of hydrogen-bond donors (Lipinski definition) is 1. The monoisotopic (exact) mass is 309 g/mol. The lowest BCUT2D eigenvalue weighted by atomic mass is 10.3. The van der Waals surface area contributed by atoms with Crippen molar-refractivity contribution < 1.29 is 9.18 Å². The van der Waals surface area contributed by atoms with Crippen LogP contribution in [0.3, 0.4) is 0 Å². The van der Waals surface area contributed by atoms with Crippen LogP contribution in [0.25, 0.3) is 0 Å². The van der Waals surface area contributed by atoms with Gasteiger partial charge in [0, 0.05) is 10.7 Å². The van der Waals surface area contributed by atoms with Gasteiger partial charge in [-0.1, -0.05) is 0 Å². The summed E-state index contributed by atoms with van der Waals surface area (Å²) in [6.45, 7) is 1.78. The van der Waals surface area contributed by atoms with Crippen LogP contribution < -0.4 is 5.32 Å². The molecule has 1 heterocycles. The van der Waals surface area contributed by atoms with Gasteiger partial charge in [-0.05, 0) is 41.1 Å². The lowest BCUT2D eigenvalue weighted by molar-refractivity contribution is 0.102. The second kappa shape index (κ2) is 5.22. The largest absolute Gasteiger partial charge is 0.319 e. The van der Waals surface area contributed by atoms with E-state index in [4.69, 9.17) is 0 Å². The van der Waals surface area contributed by atoms with E-state index in [1.54, 1.807) is 6.92 Å². The van der Waals surface area contributed by atoms with Gasteiger partial charge in [-0.25, -0.2) is 9.37 Å².